The number of aromatic nitrogens is 2. The summed E-state index contributed by atoms with van der Waals surface area (Å²) in [4.78, 5) is 12.4. The molecule has 0 unspecified atom stereocenters. The fourth-order valence-electron chi connectivity index (χ4n) is 4.35. The minimum atomic E-state index is -1.04. The normalized spacial score (nSPS) is 14.5. The molecule has 0 radical (unpaired) electrons. The zero-order chi connectivity index (χ0) is 24.4. The van der Waals surface area contributed by atoms with Crippen molar-refractivity contribution in [3.63, 3.8) is 0 Å². The Hall–Kier alpha value is -3.72. The van der Waals surface area contributed by atoms with Crippen LogP contribution in [0.5, 0.6) is 0 Å². The first kappa shape index (κ1) is 23.0. The summed E-state index contributed by atoms with van der Waals surface area (Å²) >= 11 is 0. The van der Waals surface area contributed by atoms with Gasteiger partial charge in [-0.2, -0.15) is 0 Å². The average Bonchev–Trinajstić information content (AvgIpc) is 2.88. The van der Waals surface area contributed by atoms with E-state index in [2.05, 4.69) is 15.3 Å². The van der Waals surface area contributed by atoms with Gasteiger partial charge in [-0.3, -0.25) is 4.90 Å². The number of nitrogens with one attached hydrogen (secondary N) is 1. The van der Waals surface area contributed by atoms with Gasteiger partial charge in [-0.1, -0.05) is 36.4 Å². The van der Waals surface area contributed by atoms with E-state index in [1.807, 2.05) is 4.90 Å². The topological polar surface area (TPSA) is 44.3 Å². The Morgan fingerprint density at radius 3 is 2.37 bits per heavy atom. The number of rotatable bonds is 6. The summed E-state index contributed by atoms with van der Waals surface area (Å²) in [5.41, 5.74) is 1.49. The van der Waals surface area contributed by atoms with E-state index in [9.17, 15) is 17.6 Å². The van der Waals surface area contributed by atoms with Gasteiger partial charge < -0.3 is 10.2 Å². The number of benzene rings is 3. The second-order valence-electron chi connectivity index (χ2n) is 8.32. The molecule has 0 aliphatic carbocycles. The molecule has 1 aliphatic rings. The van der Waals surface area contributed by atoms with Crippen LogP contribution in [0.15, 0.2) is 60.8 Å². The Bertz CT molecular complexity index is 1360. The van der Waals surface area contributed by atoms with Crippen molar-refractivity contribution in [2.24, 2.45) is 0 Å². The summed E-state index contributed by atoms with van der Waals surface area (Å²) in [6, 6.07) is 14.7. The zero-order valence-corrected chi connectivity index (χ0v) is 18.8. The zero-order valence-electron chi connectivity index (χ0n) is 18.8. The standard InChI is InChI=1S/C26H23F4N5/c27-10-11-34-12-14-35(15-13-34)22-9-8-21(23(29)24(22)30)32-26-31-16-17-4-3-6-19(25(17)33-26)18-5-1-2-7-20(18)28/h1-9,16H,10-15H2,(H,31,32,33). The number of hydrogen-bond acceptors (Lipinski definition) is 5. The second-order valence-corrected chi connectivity index (χ2v) is 8.32. The summed E-state index contributed by atoms with van der Waals surface area (Å²) < 4.78 is 56.9. The van der Waals surface area contributed by atoms with Crippen LogP contribution in [-0.4, -0.2) is 54.3 Å². The Morgan fingerprint density at radius 2 is 1.60 bits per heavy atom. The maximum Gasteiger partial charge on any atom is 0.227 e. The number of fused-ring (bicyclic) bond motifs is 1. The Morgan fingerprint density at radius 1 is 0.829 bits per heavy atom. The number of para-hydroxylation sites is 1. The lowest BCUT2D eigenvalue weighted by atomic mass is 10.0. The molecule has 35 heavy (non-hydrogen) atoms. The number of anilines is 3. The summed E-state index contributed by atoms with van der Waals surface area (Å²) in [6.45, 7) is 2.05. The summed E-state index contributed by atoms with van der Waals surface area (Å²) in [5.74, 6) is -2.34. The lowest BCUT2D eigenvalue weighted by Crippen LogP contribution is -2.47. The maximum atomic E-state index is 15.0. The van der Waals surface area contributed by atoms with Crippen LogP contribution in [0.3, 0.4) is 0 Å². The first-order valence-corrected chi connectivity index (χ1v) is 11.3. The van der Waals surface area contributed by atoms with Gasteiger partial charge in [-0.25, -0.2) is 27.5 Å². The summed E-state index contributed by atoms with van der Waals surface area (Å²) in [5, 5.41) is 3.44. The molecule has 1 aromatic heterocycles. The molecule has 2 heterocycles. The van der Waals surface area contributed by atoms with Crippen molar-refractivity contribution in [3.8, 4) is 11.1 Å². The van der Waals surface area contributed by atoms with E-state index in [1.165, 1.54) is 18.2 Å². The first-order chi connectivity index (χ1) is 17.0. The molecule has 0 bridgehead atoms. The molecule has 0 amide bonds. The molecular weight excluding hydrogens is 458 g/mol. The molecule has 0 atom stereocenters. The Labute approximate surface area is 200 Å². The molecular formula is C26H23F4N5. The molecule has 4 aromatic rings. The molecule has 1 fully saturated rings. The van der Waals surface area contributed by atoms with Gasteiger partial charge in [0.1, 0.15) is 12.5 Å². The largest absolute Gasteiger partial charge is 0.367 e. The lowest BCUT2D eigenvalue weighted by molar-refractivity contribution is 0.235. The van der Waals surface area contributed by atoms with Crippen LogP contribution in [0, 0.1) is 17.5 Å². The minimum Gasteiger partial charge on any atom is -0.367 e. The third kappa shape index (κ3) is 4.64. The molecule has 180 valence electrons. The molecule has 0 saturated carbocycles. The van der Waals surface area contributed by atoms with Gasteiger partial charge in [0.2, 0.25) is 5.95 Å². The highest BCUT2D eigenvalue weighted by Gasteiger charge is 2.23. The maximum absolute atomic E-state index is 15.0. The molecule has 5 nitrogen and oxygen atoms in total. The monoisotopic (exact) mass is 481 g/mol. The van der Waals surface area contributed by atoms with E-state index in [4.69, 9.17) is 0 Å². The van der Waals surface area contributed by atoms with Crippen molar-refractivity contribution >= 4 is 28.2 Å². The fourth-order valence-corrected chi connectivity index (χ4v) is 4.35. The molecule has 5 rings (SSSR count). The predicted octanol–water partition coefficient (Wildman–Crippen LogP) is 5.55. The van der Waals surface area contributed by atoms with E-state index >= 15 is 0 Å². The number of halogens is 4. The number of hydrogen-bond donors (Lipinski definition) is 1. The van der Waals surface area contributed by atoms with E-state index in [0.717, 1.165) is 0 Å². The van der Waals surface area contributed by atoms with Gasteiger partial charge >= 0.3 is 0 Å². The van der Waals surface area contributed by atoms with Gasteiger partial charge in [0.05, 0.1) is 16.9 Å². The molecule has 0 spiro atoms. The third-order valence-electron chi connectivity index (χ3n) is 6.20. The molecule has 1 N–H and O–H groups in total. The Balaban J connectivity index is 1.42. The van der Waals surface area contributed by atoms with Gasteiger partial charge in [0.15, 0.2) is 11.6 Å². The highest BCUT2D eigenvalue weighted by molar-refractivity contribution is 5.94. The number of nitrogens with zero attached hydrogens (tertiary/aromatic N) is 4. The van der Waals surface area contributed by atoms with E-state index in [0.29, 0.717) is 54.8 Å². The van der Waals surface area contributed by atoms with Crippen molar-refractivity contribution in [3.05, 3.63) is 78.2 Å². The minimum absolute atomic E-state index is 0.0622. The molecule has 1 saturated heterocycles. The summed E-state index contributed by atoms with van der Waals surface area (Å²) in [7, 11) is 0. The average molecular weight is 481 g/mol. The number of alkyl halides is 1. The van der Waals surface area contributed by atoms with Crippen molar-refractivity contribution in [2.75, 3.05) is 49.6 Å². The van der Waals surface area contributed by atoms with Crippen molar-refractivity contribution in [1.29, 1.82) is 0 Å². The smallest absolute Gasteiger partial charge is 0.227 e. The van der Waals surface area contributed by atoms with Crippen molar-refractivity contribution in [2.45, 2.75) is 0 Å². The van der Waals surface area contributed by atoms with Crippen molar-refractivity contribution < 1.29 is 17.6 Å². The van der Waals surface area contributed by atoms with Gasteiger partial charge in [0, 0.05) is 55.4 Å². The van der Waals surface area contributed by atoms with Gasteiger partial charge in [0.25, 0.3) is 0 Å². The summed E-state index contributed by atoms with van der Waals surface area (Å²) in [6.07, 6.45) is 1.55. The second kappa shape index (κ2) is 9.87. The van der Waals surface area contributed by atoms with E-state index in [1.54, 1.807) is 47.5 Å². The van der Waals surface area contributed by atoms with Crippen LogP contribution in [0.25, 0.3) is 22.0 Å². The van der Waals surface area contributed by atoms with Crippen LogP contribution < -0.4 is 10.2 Å². The van der Waals surface area contributed by atoms with Crippen LogP contribution in [0.1, 0.15) is 0 Å². The quantitative estimate of drug-likeness (QED) is 0.366. The van der Waals surface area contributed by atoms with Crippen molar-refractivity contribution in [1.82, 2.24) is 14.9 Å². The SMILES string of the molecule is FCCN1CCN(c2ccc(Nc3ncc4cccc(-c5ccccc5F)c4n3)c(F)c2F)CC1. The lowest BCUT2D eigenvalue weighted by Gasteiger charge is -2.35. The van der Waals surface area contributed by atoms with Crippen LogP contribution in [-0.2, 0) is 0 Å². The fraction of sp³-hybridized carbons (Fsp3) is 0.231. The van der Waals surface area contributed by atoms with E-state index < -0.39 is 18.3 Å². The van der Waals surface area contributed by atoms with Gasteiger partial charge in [-0.05, 0) is 18.2 Å². The van der Waals surface area contributed by atoms with E-state index in [-0.39, 0.29) is 23.1 Å². The highest BCUT2D eigenvalue weighted by atomic mass is 19.2. The molecule has 1 aliphatic heterocycles. The molecule has 3 aromatic carbocycles. The Kier molecular flexibility index (Phi) is 6.50. The first-order valence-electron chi connectivity index (χ1n) is 11.3. The highest BCUT2D eigenvalue weighted by Crippen LogP contribution is 2.32. The number of piperazine rings is 1. The molecule has 9 heteroatoms. The van der Waals surface area contributed by atoms with Gasteiger partial charge in [-0.15, -0.1) is 0 Å². The predicted molar refractivity (Wildman–Crippen MR) is 129 cm³/mol. The van der Waals surface area contributed by atoms with Crippen LogP contribution in [0.2, 0.25) is 0 Å². The van der Waals surface area contributed by atoms with Crippen LogP contribution >= 0.6 is 0 Å². The van der Waals surface area contributed by atoms with Crippen LogP contribution in [0.4, 0.5) is 34.9 Å². The third-order valence-corrected chi connectivity index (χ3v) is 6.20.